The molecule has 18 heavy (non-hydrogen) atoms. The van der Waals surface area contributed by atoms with Gasteiger partial charge in [-0.15, -0.1) is 0 Å². The molecule has 0 radical (unpaired) electrons. The van der Waals surface area contributed by atoms with Gasteiger partial charge < -0.3 is 5.11 Å². The van der Waals surface area contributed by atoms with Crippen LogP contribution in [-0.2, 0) is 0 Å². The minimum absolute atomic E-state index is 0.378. The SMILES string of the molecule is CCCC1CCCCN1C(C)c1cccc(O)c1. The van der Waals surface area contributed by atoms with Crippen molar-refractivity contribution in [2.45, 2.75) is 58.0 Å². The van der Waals surface area contributed by atoms with E-state index in [1.165, 1.54) is 44.2 Å². The number of hydrogen-bond acceptors (Lipinski definition) is 2. The van der Waals surface area contributed by atoms with E-state index in [0.29, 0.717) is 11.8 Å². The van der Waals surface area contributed by atoms with E-state index in [0.717, 1.165) is 6.04 Å². The highest BCUT2D eigenvalue weighted by Crippen LogP contribution is 2.31. The second kappa shape index (κ2) is 6.24. The fourth-order valence-electron chi connectivity index (χ4n) is 3.15. The van der Waals surface area contributed by atoms with Crippen LogP contribution in [-0.4, -0.2) is 22.6 Å². The molecule has 0 spiro atoms. The van der Waals surface area contributed by atoms with Crippen molar-refractivity contribution in [3.8, 4) is 5.75 Å². The number of aromatic hydroxyl groups is 1. The minimum atomic E-state index is 0.378. The number of phenolic OH excluding ortho intramolecular Hbond substituents is 1. The lowest BCUT2D eigenvalue weighted by Crippen LogP contribution is -2.41. The number of benzene rings is 1. The molecule has 0 aliphatic carbocycles. The van der Waals surface area contributed by atoms with Crippen LogP contribution in [0.4, 0.5) is 0 Å². The van der Waals surface area contributed by atoms with Gasteiger partial charge in [0, 0.05) is 12.1 Å². The quantitative estimate of drug-likeness (QED) is 0.865. The summed E-state index contributed by atoms with van der Waals surface area (Å²) in [6.45, 7) is 5.73. The largest absolute Gasteiger partial charge is 0.508 e. The van der Waals surface area contributed by atoms with Gasteiger partial charge in [-0.2, -0.15) is 0 Å². The van der Waals surface area contributed by atoms with Crippen LogP contribution in [0.5, 0.6) is 5.75 Å². The normalized spacial score (nSPS) is 22.9. The van der Waals surface area contributed by atoms with Crippen LogP contribution < -0.4 is 0 Å². The van der Waals surface area contributed by atoms with E-state index in [1.54, 1.807) is 6.07 Å². The van der Waals surface area contributed by atoms with E-state index in [-0.39, 0.29) is 0 Å². The highest BCUT2D eigenvalue weighted by atomic mass is 16.3. The maximum atomic E-state index is 9.61. The van der Waals surface area contributed by atoms with Gasteiger partial charge in [0.1, 0.15) is 5.75 Å². The van der Waals surface area contributed by atoms with Crippen LogP contribution in [0.15, 0.2) is 24.3 Å². The first kappa shape index (κ1) is 13.4. The summed E-state index contributed by atoms with van der Waals surface area (Å²) in [5, 5.41) is 9.61. The highest BCUT2D eigenvalue weighted by molar-refractivity contribution is 5.29. The molecule has 2 nitrogen and oxygen atoms in total. The Labute approximate surface area is 111 Å². The molecule has 1 aliphatic heterocycles. The first-order valence-electron chi connectivity index (χ1n) is 7.27. The Kier molecular flexibility index (Phi) is 4.65. The molecule has 1 heterocycles. The average molecular weight is 247 g/mol. The topological polar surface area (TPSA) is 23.5 Å². The zero-order valence-corrected chi connectivity index (χ0v) is 11.6. The Morgan fingerprint density at radius 1 is 1.39 bits per heavy atom. The maximum Gasteiger partial charge on any atom is 0.115 e. The van der Waals surface area contributed by atoms with Crippen LogP contribution in [0, 0.1) is 0 Å². The summed E-state index contributed by atoms with van der Waals surface area (Å²) in [4.78, 5) is 2.63. The third kappa shape index (κ3) is 3.05. The van der Waals surface area contributed by atoms with Crippen molar-refractivity contribution in [2.75, 3.05) is 6.54 Å². The lowest BCUT2D eigenvalue weighted by atomic mass is 9.94. The van der Waals surface area contributed by atoms with Crippen molar-refractivity contribution < 1.29 is 5.11 Å². The Morgan fingerprint density at radius 2 is 2.22 bits per heavy atom. The fraction of sp³-hybridized carbons (Fsp3) is 0.625. The van der Waals surface area contributed by atoms with Crippen molar-refractivity contribution in [1.82, 2.24) is 4.90 Å². The second-order valence-corrected chi connectivity index (χ2v) is 5.45. The van der Waals surface area contributed by atoms with Crippen molar-refractivity contribution in [1.29, 1.82) is 0 Å². The molecule has 1 aromatic rings. The number of piperidine rings is 1. The molecule has 1 aliphatic rings. The second-order valence-electron chi connectivity index (χ2n) is 5.45. The summed E-state index contributed by atoms with van der Waals surface area (Å²) in [6.07, 6.45) is 6.56. The molecule has 100 valence electrons. The molecule has 1 fully saturated rings. The summed E-state index contributed by atoms with van der Waals surface area (Å²) < 4.78 is 0. The molecule has 2 unspecified atom stereocenters. The summed E-state index contributed by atoms with van der Waals surface area (Å²) in [5.41, 5.74) is 1.23. The maximum absolute atomic E-state index is 9.61. The first-order valence-corrected chi connectivity index (χ1v) is 7.27. The van der Waals surface area contributed by atoms with E-state index < -0.39 is 0 Å². The van der Waals surface area contributed by atoms with Crippen molar-refractivity contribution in [3.63, 3.8) is 0 Å². The minimum Gasteiger partial charge on any atom is -0.508 e. The van der Waals surface area contributed by atoms with Gasteiger partial charge in [0.2, 0.25) is 0 Å². The molecule has 0 aromatic heterocycles. The summed E-state index contributed by atoms with van der Waals surface area (Å²) in [6, 6.07) is 8.86. The Hall–Kier alpha value is -1.02. The van der Waals surface area contributed by atoms with Gasteiger partial charge in [0.25, 0.3) is 0 Å². The monoisotopic (exact) mass is 247 g/mol. The summed E-state index contributed by atoms with van der Waals surface area (Å²) in [7, 11) is 0. The van der Waals surface area contributed by atoms with Crippen LogP contribution in [0.25, 0.3) is 0 Å². The standard InChI is InChI=1S/C16H25NO/c1-3-7-15-9-4-5-11-17(15)13(2)14-8-6-10-16(18)12-14/h6,8,10,12-13,15,18H,3-5,7,9,11H2,1-2H3. The molecule has 2 rings (SSSR count). The highest BCUT2D eigenvalue weighted by Gasteiger charge is 2.26. The summed E-state index contributed by atoms with van der Waals surface area (Å²) >= 11 is 0. The molecule has 1 saturated heterocycles. The van der Waals surface area contributed by atoms with Crippen molar-refractivity contribution in [2.24, 2.45) is 0 Å². The van der Waals surface area contributed by atoms with Crippen LogP contribution in [0.2, 0.25) is 0 Å². The van der Waals surface area contributed by atoms with Gasteiger partial charge >= 0.3 is 0 Å². The van der Waals surface area contributed by atoms with E-state index in [4.69, 9.17) is 0 Å². The number of nitrogens with zero attached hydrogens (tertiary/aromatic N) is 1. The molecule has 1 aromatic carbocycles. The number of phenols is 1. The average Bonchev–Trinajstić information content (AvgIpc) is 2.39. The van der Waals surface area contributed by atoms with Gasteiger partial charge in [-0.1, -0.05) is 31.9 Å². The number of hydrogen-bond donors (Lipinski definition) is 1. The zero-order chi connectivity index (χ0) is 13.0. The molecular formula is C16H25NO. The summed E-state index contributed by atoms with van der Waals surface area (Å²) in [5.74, 6) is 0.378. The zero-order valence-electron chi connectivity index (χ0n) is 11.6. The van der Waals surface area contributed by atoms with Crippen LogP contribution in [0.3, 0.4) is 0 Å². The lowest BCUT2D eigenvalue weighted by Gasteiger charge is -2.40. The Balaban J connectivity index is 2.12. The Morgan fingerprint density at radius 3 is 2.94 bits per heavy atom. The van der Waals surface area contributed by atoms with Gasteiger partial charge in [-0.05, 0) is 50.4 Å². The lowest BCUT2D eigenvalue weighted by molar-refractivity contribution is 0.0962. The van der Waals surface area contributed by atoms with Gasteiger partial charge in [0.05, 0.1) is 0 Å². The van der Waals surface area contributed by atoms with Crippen LogP contribution in [0.1, 0.15) is 57.6 Å². The third-order valence-electron chi connectivity index (χ3n) is 4.14. The van der Waals surface area contributed by atoms with Crippen molar-refractivity contribution in [3.05, 3.63) is 29.8 Å². The predicted octanol–water partition coefficient (Wildman–Crippen LogP) is 4.11. The first-order chi connectivity index (χ1) is 8.72. The van der Waals surface area contributed by atoms with E-state index in [9.17, 15) is 5.11 Å². The van der Waals surface area contributed by atoms with Gasteiger partial charge in [-0.3, -0.25) is 4.90 Å². The van der Waals surface area contributed by atoms with E-state index >= 15 is 0 Å². The van der Waals surface area contributed by atoms with Crippen molar-refractivity contribution >= 4 is 0 Å². The third-order valence-corrected chi connectivity index (χ3v) is 4.14. The smallest absolute Gasteiger partial charge is 0.115 e. The number of likely N-dealkylation sites (tertiary alicyclic amines) is 1. The van der Waals surface area contributed by atoms with Gasteiger partial charge in [-0.25, -0.2) is 0 Å². The van der Waals surface area contributed by atoms with Crippen LogP contribution >= 0.6 is 0 Å². The van der Waals surface area contributed by atoms with Gasteiger partial charge in [0.15, 0.2) is 0 Å². The molecule has 1 N–H and O–H groups in total. The number of rotatable bonds is 4. The molecular weight excluding hydrogens is 222 g/mol. The van der Waals surface area contributed by atoms with E-state index in [2.05, 4.69) is 24.8 Å². The molecule has 2 heteroatoms. The molecule has 0 amide bonds. The molecule has 0 saturated carbocycles. The fourth-order valence-corrected chi connectivity index (χ4v) is 3.15. The molecule has 0 bridgehead atoms. The Bertz CT molecular complexity index is 375. The van der Waals surface area contributed by atoms with E-state index in [1.807, 2.05) is 12.1 Å². The predicted molar refractivity (Wildman–Crippen MR) is 75.8 cm³/mol. The molecule has 2 atom stereocenters.